The molecule has 1 fully saturated rings. The fourth-order valence-electron chi connectivity index (χ4n) is 2.66. The maximum Gasteiger partial charge on any atom is 0.0510 e. The largest absolute Gasteiger partial charge is 0.381 e. The van der Waals surface area contributed by atoms with Gasteiger partial charge in [0.25, 0.3) is 0 Å². The molecule has 2 N–H and O–H groups in total. The van der Waals surface area contributed by atoms with Crippen LogP contribution in [0.3, 0.4) is 0 Å². The van der Waals surface area contributed by atoms with Crippen molar-refractivity contribution in [3.8, 4) is 0 Å². The Hall–Kier alpha value is -0.120. The number of nitrogens with two attached hydrogens (primary N) is 1. The first-order valence-corrected chi connectivity index (χ1v) is 6.12. The summed E-state index contributed by atoms with van der Waals surface area (Å²) >= 11 is 0. The van der Waals surface area contributed by atoms with Gasteiger partial charge >= 0.3 is 0 Å². The normalized spacial score (nSPS) is 24.8. The van der Waals surface area contributed by atoms with E-state index >= 15 is 0 Å². The van der Waals surface area contributed by atoms with Gasteiger partial charge in [-0.1, -0.05) is 13.8 Å². The third-order valence-corrected chi connectivity index (χ3v) is 3.87. The fourth-order valence-corrected chi connectivity index (χ4v) is 2.66. The van der Waals surface area contributed by atoms with Gasteiger partial charge in [-0.2, -0.15) is 0 Å². The molecule has 2 atom stereocenters. The van der Waals surface area contributed by atoms with Crippen LogP contribution in [0.2, 0.25) is 0 Å². The van der Waals surface area contributed by atoms with Crippen molar-refractivity contribution in [2.24, 2.45) is 11.7 Å². The Labute approximate surface area is 94.0 Å². The van der Waals surface area contributed by atoms with Crippen molar-refractivity contribution in [2.75, 3.05) is 26.3 Å². The van der Waals surface area contributed by atoms with Crippen LogP contribution >= 0.6 is 0 Å². The van der Waals surface area contributed by atoms with Crippen molar-refractivity contribution in [3.63, 3.8) is 0 Å². The molecule has 1 rings (SSSR count). The Morgan fingerprint density at radius 1 is 1.40 bits per heavy atom. The molecule has 0 saturated carbocycles. The third kappa shape index (κ3) is 2.71. The minimum atomic E-state index is 0.0713. The van der Waals surface area contributed by atoms with Gasteiger partial charge in [0, 0.05) is 24.1 Å². The predicted molar refractivity (Wildman–Crippen MR) is 63.9 cm³/mol. The van der Waals surface area contributed by atoms with E-state index in [1.54, 1.807) is 0 Å². The van der Waals surface area contributed by atoms with Gasteiger partial charge in [-0.05, 0) is 33.4 Å². The lowest BCUT2D eigenvalue weighted by Crippen LogP contribution is -2.59. The lowest BCUT2D eigenvalue weighted by Gasteiger charge is -2.43. The Morgan fingerprint density at radius 3 is 2.40 bits per heavy atom. The minimum Gasteiger partial charge on any atom is -0.381 e. The van der Waals surface area contributed by atoms with Crippen LogP contribution < -0.4 is 5.73 Å². The lowest BCUT2D eigenvalue weighted by atomic mass is 9.83. The average Bonchev–Trinajstić information content (AvgIpc) is 2.70. The zero-order chi connectivity index (χ0) is 11.5. The van der Waals surface area contributed by atoms with Crippen molar-refractivity contribution in [1.82, 2.24) is 4.90 Å². The number of likely N-dealkylation sites (N-methyl/N-ethyl adjacent to an activating group) is 1. The first-order valence-electron chi connectivity index (χ1n) is 6.12. The van der Waals surface area contributed by atoms with Crippen LogP contribution in [-0.4, -0.2) is 42.8 Å². The van der Waals surface area contributed by atoms with E-state index in [0.29, 0.717) is 5.92 Å². The molecular weight excluding hydrogens is 188 g/mol. The number of rotatable bonds is 5. The van der Waals surface area contributed by atoms with E-state index in [1.807, 2.05) is 0 Å². The number of ether oxygens (including phenoxy) is 1. The number of hydrogen-bond donors (Lipinski definition) is 1. The molecule has 15 heavy (non-hydrogen) atoms. The number of hydrogen-bond acceptors (Lipinski definition) is 3. The summed E-state index contributed by atoms with van der Waals surface area (Å²) in [6, 6.07) is 0.208. The molecule has 0 spiro atoms. The summed E-state index contributed by atoms with van der Waals surface area (Å²) < 4.78 is 5.42. The summed E-state index contributed by atoms with van der Waals surface area (Å²) in [5, 5.41) is 0. The molecule has 2 unspecified atom stereocenters. The maximum atomic E-state index is 6.39. The second kappa shape index (κ2) is 5.28. The van der Waals surface area contributed by atoms with E-state index in [4.69, 9.17) is 10.5 Å². The van der Waals surface area contributed by atoms with Crippen molar-refractivity contribution in [1.29, 1.82) is 0 Å². The topological polar surface area (TPSA) is 38.5 Å². The van der Waals surface area contributed by atoms with Crippen LogP contribution in [0.1, 0.15) is 34.1 Å². The predicted octanol–water partition coefficient (Wildman–Crippen LogP) is 1.47. The Morgan fingerprint density at radius 2 is 2.00 bits per heavy atom. The SMILES string of the molecule is CCN(CC)C(C)(C)C(N)C1CCOC1. The quantitative estimate of drug-likeness (QED) is 0.753. The molecule has 0 radical (unpaired) electrons. The summed E-state index contributed by atoms with van der Waals surface area (Å²) in [6.45, 7) is 12.7. The van der Waals surface area contributed by atoms with Crippen LogP contribution in [0.4, 0.5) is 0 Å². The highest BCUT2D eigenvalue weighted by Gasteiger charge is 2.37. The Bertz CT molecular complexity index is 184. The molecule has 90 valence electrons. The molecule has 0 amide bonds. The van der Waals surface area contributed by atoms with Gasteiger partial charge < -0.3 is 10.5 Å². The van der Waals surface area contributed by atoms with E-state index < -0.39 is 0 Å². The molecule has 3 heteroatoms. The molecular formula is C12H26N2O. The fraction of sp³-hybridized carbons (Fsp3) is 1.00. The van der Waals surface area contributed by atoms with Crippen molar-refractivity contribution in [3.05, 3.63) is 0 Å². The molecule has 0 aromatic heterocycles. The molecule has 3 nitrogen and oxygen atoms in total. The standard InChI is InChI=1S/C12H26N2O/c1-5-14(6-2)12(3,4)11(13)10-7-8-15-9-10/h10-11H,5-9,13H2,1-4H3. The van der Waals surface area contributed by atoms with Gasteiger partial charge in [-0.3, -0.25) is 4.90 Å². The summed E-state index contributed by atoms with van der Waals surface area (Å²) in [6.07, 6.45) is 1.12. The van der Waals surface area contributed by atoms with Crippen molar-refractivity contribution >= 4 is 0 Å². The van der Waals surface area contributed by atoms with E-state index in [0.717, 1.165) is 32.7 Å². The van der Waals surface area contributed by atoms with Crippen LogP contribution in [0, 0.1) is 5.92 Å². The third-order valence-electron chi connectivity index (χ3n) is 3.87. The smallest absolute Gasteiger partial charge is 0.0510 e. The van der Waals surface area contributed by atoms with Gasteiger partial charge in [0.05, 0.1) is 6.61 Å². The van der Waals surface area contributed by atoms with Crippen molar-refractivity contribution in [2.45, 2.75) is 45.7 Å². The molecule has 0 bridgehead atoms. The van der Waals surface area contributed by atoms with Gasteiger partial charge in [-0.15, -0.1) is 0 Å². The minimum absolute atomic E-state index is 0.0713. The summed E-state index contributed by atoms with van der Waals surface area (Å²) in [4.78, 5) is 2.44. The average molecular weight is 214 g/mol. The Balaban J connectivity index is 2.65. The molecule has 1 aliphatic heterocycles. The van der Waals surface area contributed by atoms with Crippen molar-refractivity contribution < 1.29 is 4.74 Å². The van der Waals surface area contributed by atoms with Crippen LogP contribution in [0.5, 0.6) is 0 Å². The molecule has 0 aliphatic carbocycles. The van der Waals surface area contributed by atoms with Crippen LogP contribution in [0.25, 0.3) is 0 Å². The molecule has 1 heterocycles. The van der Waals surface area contributed by atoms with Gasteiger partial charge in [0.1, 0.15) is 0 Å². The lowest BCUT2D eigenvalue weighted by molar-refractivity contribution is 0.0765. The van der Waals surface area contributed by atoms with Gasteiger partial charge in [0.15, 0.2) is 0 Å². The van der Waals surface area contributed by atoms with E-state index in [2.05, 4.69) is 32.6 Å². The van der Waals surface area contributed by atoms with Gasteiger partial charge in [-0.25, -0.2) is 0 Å². The first-order chi connectivity index (χ1) is 7.04. The van der Waals surface area contributed by atoms with E-state index in [9.17, 15) is 0 Å². The Kier molecular flexibility index (Phi) is 4.56. The molecule has 0 aromatic carbocycles. The summed E-state index contributed by atoms with van der Waals surface area (Å²) in [5.74, 6) is 0.528. The second-order valence-corrected chi connectivity index (χ2v) is 4.98. The molecule has 1 saturated heterocycles. The molecule has 0 aromatic rings. The zero-order valence-corrected chi connectivity index (χ0v) is 10.6. The second-order valence-electron chi connectivity index (χ2n) is 4.98. The number of nitrogens with zero attached hydrogens (tertiary/aromatic N) is 1. The first kappa shape index (κ1) is 12.9. The highest BCUT2D eigenvalue weighted by atomic mass is 16.5. The maximum absolute atomic E-state index is 6.39. The molecule has 1 aliphatic rings. The van der Waals surface area contributed by atoms with E-state index in [-0.39, 0.29) is 11.6 Å². The van der Waals surface area contributed by atoms with E-state index in [1.165, 1.54) is 0 Å². The zero-order valence-electron chi connectivity index (χ0n) is 10.6. The summed E-state index contributed by atoms with van der Waals surface area (Å²) in [5.41, 5.74) is 6.46. The monoisotopic (exact) mass is 214 g/mol. The highest BCUT2D eigenvalue weighted by Crippen LogP contribution is 2.27. The van der Waals surface area contributed by atoms with Gasteiger partial charge in [0.2, 0.25) is 0 Å². The van der Waals surface area contributed by atoms with Crippen LogP contribution in [-0.2, 0) is 4.74 Å². The highest BCUT2D eigenvalue weighted by molar-refractivity contribution is 4.95. The summed E-state index contributed by atoms with van der Waals surface area (Å²) in [7, 11) is 0. The van der Waals surface area contributed by atoms with Crippen LogP contribution in [0.15, 0.2) is 0 Å².